The van der Waals surface area contributed by atoms with Gasteiger partial charge in [0.05, 0.1) is 7.11 Å². The van der Waals surface area contributed by atoms with Crippen LogP contribution in [0.1, 0.15) is 63.0 Å². The summed E-state index contributed by atoms with van der Waals surface area (Å²) in [5.41, 5.74) is 2.78. The molecule has 0 atom stereocenters. The molecule has 0 amide bonds. The number of methoxy groups -OCH3 is 1. The Morgan fingerprint density at radius 3 is 1.56 bits per heavy atom. The zero-order valence-electron chi connectivity index (χ0n) is 12.5. The maximum atomic E-state index is 11.1. The smallest absolute Gasteiger partial charge is 0.150 e. The molecule has 1 aromatic carbocycles. The zero-order chi connectivity index (χ0) is 14.1. The van der Waals surface area contributed by atoms with Crippen LogP contribution >= 0.6 is 0 Å². The molecule has 0 aliphatic carbocycles. The van der Waals surface area contributed by atoms with Crippen molar-refractivity contribution in [3.63, 3.8) is 0 Å². The van der Waals surface area contributed by atoms with Crippen molar-refractivity contribution in [3.8, 4) is 5.75 Å². The monoisotopic (exact) mass is 248 g/mol. The lowest BCUT2D eigenvalue weighted by atomic mass is 9.78. The lowest BCUT2D eigenvalue weighted by Crippen LogP contribution is -2.19. The highest BCUT2D eigenvalue weighted by Crippen LogP contribution is 2.40. The number of carbonyl (C=O) groups is 1. The summed E-state index contributed by atoms with van der Waals surface area (Å²) in [6.45, 7) is 12.8. The summed E-state index contributed by atoms with van der Waals surface area (Å²) in [4.78, 5) is 11.1. The summed E-state index contributed by atoms with van der Waals surface area (Å²) >= 11 is 0. The number of hydrogen-bond acceptors (Lipinski definition) is 2. The van der Waals surface area contributed by atoms with Crippen LogP contribution in [0.4, 0.5) is 0 Å². The standard InChI is InChI=1S/C16H24O2/c1-15(2,3)12-8-11(10-17)9-13(14(12)18-7)16(4,5)6/h8-10H,1-7H3. The molecule has 0 aliphatic heterocycles. The van der Waals surface area contributed by atoms with Gasteiger partial charge in [-0.15, -0.1) is 0 Å². The molecule has 0 N–H and O–H groups in total. The topological polar surface area (TPSA) is 26.3 Å². The number of hydrogen-bond donors (Lipinski definition) is 0. The van der Waals surface area contributed by atoms with Gasteiger partial charge in [-0.3, -0.25) is 4.79 Å². The van der Waals surface area contributed by atoms with Crippen LogP contribution in [0, 0.1) is 0 Å². The first-order chi connectivity index (χ1) is 8.11. The molecule has 100 valence electrons. The first kappa shape index (κ1) is 14.7. The van der Waals surface area contributed by atoms with E-state index in [1.165, 1.54) is 0 Å². The first-order valence-electron chi connectivity index (χ1n) is 6.29. The van der Waals surface area contributed by atoms with Gasteiger partial charge >= 0.3 is 0 Å². The highest BCUT2D eigenvalue weighted by molar-refractivity contribution is 5.77. The van der Waals surface area contributed by atoms with Crippen LogP contribution in [0.3, 0.4) is 0 Å². The van der Waals surface area contributed by atoms with Crippen molar-refractivity contribution in [1.82, 2.24) is 0 Å². The quantitative estimate of drug-likeness (QED) is 0.736. The van der Waals surface area contributed by atoms with Crippen molar-refractivity contribution < 1.29 is 9.53 Å². The van der Waals surface area contributed by atoms with Gasteiger partial charge in [0, 0.05) is 16.7 Å². The van der Waals surface area contributed by atoms with Crippen LogP contribution in [-0.2, 0) is 10.8 Å². The highest BCUT2D eigenvalue weighted by Gasteiger charge is 2.27. The van der Waals surface area contributed by atoms with Crippen molar-refractivity contribution in [2.24, 2.45) is 0 Å². The second kappa shape index (κ2) is 4.75. The molecule has 0 bridgehead atoms. The minimum atomic E-state index is -0.0512. The zero-order valence-corrected chi connectivity index (χ0v) is 12.5. The molecule has 0 spiro atoms. The average Bonchev–Trinajstić information content (AvgIpc) is 2.24. The Bertz CT molecular complexity index is 410. The fourth-order valence-corrected chi connectivity index (χ4v) is 2.05. The van der Waals surface area contributed by atoms with Crippen LogP contribution in [-0.4, -0.2) is 13.4 Å². The highest BCUT2D eigenvalue weighted by atomic mass is 16.5. The molecule has 2 nitrogen and oxygen atoms in total. The molecule has 0 saturated carbocycles. The van der Waals surface area contributed by atoms with Crippen molar-refractivity contribution in [2.45, 2.75) is 52.4 Å². The van der Waals surface area contributed by atoms with Gasteiger partial charge in [-0.2, -0.15) is 0 Å². The minimum absolute atomic E-state index is 0.0512. The number of benzene rings is 1. The van der Waals surface area contributed by atoms with E-state index >= 15 is 0 Å². The molecule has 0 heterocycles. The predicted molar refractivity (Wildman–Crippen MR) is 75.8 cm³/mol. The minimum Gasteiger partial charge on any atom is -0.496 e. The summed E-state index contributed by atoms with van der Waals surface area (Å²) in [6, 6.07) is 3.86. The van der Waals surface area contributed by atoms with E-state index in [0.717, 1.165) is 23.2 Å². The first-order valence-corrected chi connectivity index (χ1v) is 6.29. The van der Waals surface area contributed by atoms with Gasteiger partial charge in [-0.25, -0.2) is 0 Å². The maximum Gasteiger partial charge on any atom is 0.150 e. The fraction of sp³-hybridized carbons (Fsp3) is 0.562. The van der Waals surface area contributed by atoms with E-state index in [4.69, 9.17) is 4.74 Å². The lowest BCUT2D eigenvalue weighted by Gasteiger charge is -2.29. The third-order valence-corrected chi connectivity index (χ3v) is 3.07. The van der Waals surface area contributed by atoms with Crippen LogP contribution < -0.4 is 4.74 Å². The van der Waals surface area contributed by atoms with E-state index in [1.807, 2.05) is 12.1 Å². The van der Waals surface area contributed by atoms with Gasteiger partial charge in [0.15, 0.2) is 0 Å². The molecule has 0 unspecified atom stereocenters. The molecule has 0 fully saturated rings. The van der Waals surface area contributed by atoms with Gasteiger partial charge in [0.25, 0.3) is 0 Å². The van der Waals surface area contributed by atoms with Crippen molar-refractivity contribution in [2.75, 3.05) is 7.11 Å². The molecule has 0 saturated heterocycles. The SMILES string of the molecule is COc1c(C(C)(C)C)cc(C=O)cc1C(C)(C)C. The van der Waals surface area contributed by atoms with E-state index < -0.39 is 0 Å². The van der Waals surface area contributed by atoms with E-state index in [1.54, 1.807) is 7.11 Å². The molecule has 2 heteroatoms. The molecular formula is C16H24O2. The van der Waals surface area contributed by atoms with Crippen LogP contribution in [0.2, 0.25) is 0 Å². The third-order valence-electron chi connectivity index (χ3n) is 3.07. The predicted octanol–water partition coefficient (Wildman–Crippen LogP) is 4.10. The molecule has 0 radical (unpaired) electrons. The molecule has 18 heavy (non-hydrogen) atoms. The molecule has 1 rings (SSSR count). The molecule has 0 aromatic heterocycles. The second-order valence-electron chi connectivity index (χ2n) is 6.77. The third kappa shape index (κ3) is 2.92. The van der Waals surface area contributed by atoms with Crippen LogP contribution in [0.5, 0.6) is 5.75 Å². The van der Waals surface area contributed by atoms with E-state index in [-0.39, 0.29) is 10.8 Å². The van der Waals surface area contributed by atoms with E-state index in [0.29, 0.717) is 5.56 Å². The summed E-state index contributed by atoms with van der Waals surface area (Å²) in [7, 11) is 1.69. The van der Waals surface area contributed by atoms with E-state index in [2.05, 4.69) is 41.5 Å². The maximum absolute atomic E-state index is 11.1. The Kier molecular flexibility index (Phi) is 3.89. The van der Waals surface area contributed by atoms with Gasteiger partial charge in [0.1, 0.15) is 12.0 Å². The van der Waals surface area contributed by atoms with Crippen molar-refractivity contribution >= 4 is 6.29 Å². The Morgan fingerprint density at radius 1 is 0.944 bits per heavy atom. The summed E-state index contributed by atoms with van der Waals surface area (Å²) in [5.74, 6) is 0.903. The van der Waals surface area contributed by atoms with Crippen LogP contribution in [0.15, 0.2) is 12.1 Å². The largest absolute Gasteiger partial charge is 0.496 e. The lowest BCUT2D eigenvalue weighted by molar-refractivity contribution is 0.112. The van der Waals surface area contributed by atoms with Crippen molar-refractivity contribution in [1.29, 1.82) is 0 Å². The number of rotatable bonds is 2. The Balaban J connectivity index is 3.66. The number of ether oxygens (including phenoxy) is 1. The number of aldehydes is 1. The molecule has 1 aromatic rings. The normalized spacial score (nSPS) is 12.4. The van der Waals surface area contributed by atoms with E-state index in [9.17, 15) is 4.79 Å². The molecular weight excluding hydrogens is 224 g/mol. The second-order valence-corrected chi connectivity index (χ2v) is 6.77. The number of carbonyl (C=O) groups excluding carboxylic acids is 1. The Morgan fingerprint density at radius 2 is 1.33 bits per heavy atom. The van der Waals surface area contributed by atoms with Crippen molar-refractivity contribution in [3.05, 3.63) is 28.8 Å². The molecule has 0 aliphatic rings. The summed E-state index contributed by atoms with van der Waals surface area (Å²) in [5, 5.41) is 0. The van der Waals surface area contributed by atoms with Gasteiger partial charge in [-0.05, 0) is 23.0 Å². The summed E-state index contributed by atoms with van der Waals surface area (Å²) in [6.07, 6.45) is 0.907. The Hall–Kier alpha value is -1.31. The van der Waals surface area contributed by atoms with Gasteiger partial charge in [0.2, 0.25) is 0 Å². The Labute approximate surface area is 110 Å². The van der Waals surface area contributed by atoms with Gasteiger partial charge in [-0.1, -0.05) is 41.5 Å². The fourth-order valence-electron chi connectivity index (χ4n) is 2.05. The summed E-state index contributed by atoms with van der Waals surface area (Å²) < 4.78 is 5.61. The van der Waals surface area contributed by atoms with Gasteiger partial charge < -0.3 is 4.74 Å². The van der Waals surface area contributed by atoms with Crippen LogP contribution in [0.25, 0.3) is 0 Å². The average molecular weight is 248 g/mol.